The molecule has 0 atom stereocenters. The molecule has 0 aliphatic carbocycles. The molecule has 92 valence electrons. The molecular formula is C13H12N2O3. The maximum atomic E-state index is 10.8. The highest BCUT2D eigenvalue weighted by Gasteiger charge is 2.17. The van der Waals surface area contributed by atoms with Crippen molar-refractivity contribution in [1.82, 2.24) is 0 Å². The van der Waals surface area contributed by atoms with Gasteiger partial charge in [-0.2, -0.15) is 0 Å². The van der Waals surface area contributed by atoms with E-state index in [4.69, 9.17) is 10.5 Å². The van der Waals surface area contributed by atoms with Gasteiger partial charge in [0.15, 0.2) is 0 Å². The van der Waals surface area contributed by atoms with Crippen molar-refractivity contribution in [2.75, 3.05) is 12.8 Å². The minimum atomic E-state index is -0.521. The number of nitrogens with zero attached hydrogens (tertiary/aromatic N) is 1. The van der Waals surface area contributed by atoms with Crippen LogP contribution >= 0.6 is 0 Å². The van der Waals surface area contributed by atoms with Crippen LogP contribution in [0, 0.1) is 10.1 Å². The van der Waals surface area contributed by atoms with E-state index in [1.165, 1.54) is 13.2 Å². The number of ether oxygens (including phenoxy) is 1. The van der Waals surface area contributed by atoms with E-state index in [1.807, 2.05) is 30.3 Å². The van der Waals surface area contributed by atoms with Gasteiger partial charge < -0.3 is 10.5 Å². The fourth-order valence-electron chi connectivity index (χ4n) is 1.76. The Bertz CT molecular complexity index is 582. The van der Waals surface area contributed by atoms with Gasteiger partial charge in [0.1, 0.15) is 11.4 Å². The number of anilines is 1. The zero-order valence-corrected chi connectivity index (χ0v) is 9.79. The summed E-state index contributed by atoms with van der Waals surface area (Å²) in [4.78, 5) is 10.3. The molecule has 5 nitrogen and oxygen atoms in total. The largest absolute Gasteiger partial charge is 0.496 e. The molecule has 0 saturated heterocycles. The van der Waals surface area contributed by atoms with Crippen LogP contribution < -0.4 is 10.5 Å². The molecule has 0 unspecified atom stereocenters. The number of hydrogen-bond donors (Lipinski definition) is 1. The van der Waals surface area contributed by atoms with Gasteiger partial charge in [0.25, 0.3) is 5.69 Å². The van der Waals surface area contributed by atoms with Gasteiger partial charge in [0, 0.05) is 5.56 Å². The summed E-state index contributed by atoms with van der Waals surface area (Å²) in [6.45, 7) is 0. The lowest BCUT2D eigenvalue weighted by molar-refractivity contribution is -0.384. The monoisotopic (exact) mass is 244 g/mol. The Morgan fingerprint density at radius 3 is 2.44 bits per heavy atom. The van der Waals surface area contributed by atoms with Crippen LogP contribution in [-0.2, 0) is 0 Å². The van der Waals surface area contributed by atoms with Gasteiger partial charge in [-0.3, -0.25) is 10.1 Å². The molecule has 18 heavy (non-hydrogen) atoms. The lowest BCUT2D eigenvalue weighted by Gasteiger charge is -2.09. The van der Waals surface area contributed by atoms with E-state index in [1.54, 1.807) is 6.07 Å². The molecule has 2 rings (SSSR count). The Morgan fingerprint density at radius 1 is 1.22 bits per heavy atom. The predicted molar refractivity (Wildman–Crippen MR) is 69.5 cm³/mol. The topological polar surface area (TPSA) is 78.4 Å². The molecule has 2 aromatic carbocycles. The van der Waals surface area contributed by atoms with Crippen molar-refractivity contribution in [3.8, 4) is 16.9 Å². The van der Waals surface area contributed by atoms with Crippen LogP contribution in [0.1, 0.15) is 0 Å². The lowest BCUT2D eigenvalue weighted by Crippen LogP contribution is -1.98. The first-order valence-corrected chi connectivity index (χ1v) is 5.31. The van der Waals surface area contributed by atoms with Crippen LogP contribution in [0.4, 0.5) is 11.4 Å². The van der Waals surface area contributed by atoms with E-state index in [2.05, 4.69) is 0 Å². The Kier molecular flexibility index (Phi) is 3.14. The van der Waals surface area contributed by atoms with Gasteiger partial charge in [-0.1, -0.05) is 30.3 Å². The summed E-state index contributed by atoms with van der Waals surface area (Å²) in [5.41, 5.74) is 7.30. The second-order valence-electron chi connectivity index (χ2n) is 3.73. The number of nitrogens with two attached hydrogens (primary N) is 1. The number of hydrogen-bond acceptors (Lipinski definition) is 4. The van der Waals surface area contributed by atoms with Crippen LogP contribution in [0.15, 0.2) is 42.5 Å². The third-order valence-electron chi connectivity index (χ3n) is 2.63. The maximum Gasteiger partial charge on any atom is 0.295 e. The minimum absolute atomic E-state index is 0.125. The van der Waals surface area contributed by atoms with Crippen molar-refractivity contribution in [1.29, 1.82) is 0 Å². The summed E-state index contributed by atoms with van der Waals surface area (Å²) >= 11 is 0. The van der Waals surface area contributed by atoms with Gasteiger partial charge in [-0.25, -0.2) is 0 Å². The fraction of sp³-hybridized carbons (Fsp3) is 0.0769. The Hall–Kier alpha value is -2.56. The summed E-state index contributed by atoms with van der Waals surface area (Å²) in [7, 11) is 1.47. The molecule has 2 aromatic rings. The normalized spacial score (nSPS) is 10.1. The number of nitro benzene ring substituents is 1. The average Bonchev–Trinajstić information content (AvgIpc) is 2.39. The zero-order chi connectivity index (χ0) is 13.1. The fourth-order valence-corrected chi connectivity index (χ4v) is 1.76. The molecule has 0 saturated carbocycles. The van der Waals surface area contributed by atoms with Crippen LogP contribution in [0.5, 0.6) is 5.75 Å². The first-order chi connectivity index (χ1) is 8.63. The number of rotatable bonds is 3. The minimum Gasteiger partial charge on any atom is -0.496 e. The van der Waals surface area contributed by atoms with Crippen molar-refractivity contribution < 1.29 is 9.66 Å². The first kappa shape index (κ1) is 11.9. The van der Waals surface area contributed by atoms with E-state index in [-0.39, 0.29) is 11.4 Å². The molecule has 0 amide bonds. The molecule has 0 aromatic heterocycles. The molecule has 0 heterocycles. The average molecular weight is 244 g/mol. The Labute approximate surface area is 104 Å². The van der Waals surface area contributed by atoms with Crippen LogP contribution in [0.25, 0.3) is 11.1 Å². The van der Waals surface area contributed by atoms with Crippen LogP contribution in [0.2, 0.25) is 0 Å². The zero-order valence-electron chi connectivity index (χ0n) is 9.79. The molecule has 0 fully saturated rings. The quantitative estimate of drug-likeness (QED) is 0.511. The molecule has 2 N–H and O–H groups in total. The second-order valence-corrected chi connectivity index (χ2v) is 3.73. The number of nitro groups is 1. The standard InChI is InChI=1S/C13H12N2O3/c1-18-13-8-12(15(16)17)11(14)7-10(13)9-5-3-2-4-6-9/h2-8H,14H2,1H3. The summed E-state index contributed by atoms with van der Waals surface area (Å²) < 4.78 is 5.19. The third-order valence-corrected chi connectivity index (χ3v) is 2.63. The third kappa shape index (κ3) is 2.10. The number of nitrogen functional groups attached to an aromatic ring is 1. The predicted octanol–water partition coefficient (Wildman–Crippen LogP) is 2.85. The van der Waals surface area contributed by atoms with Gasteiger partial charge in [0.05, 0.1) is 18.1 Å². The summed E-state index contributed by atoms with van der Waals surface area (Å²) in [5, 5.41) is 10.8. The second kappa shape index (κ2) is 4.75. The van der Waals surface area contributed by atoms with E-state index < -0.39 is 4.92 Å². The molecule has 0 aliphatic heterocycles. The molecule has 0 spiro atoms. The summed E-state index contributed by atoms with van der Waals surface area (Å²) in [5.74, 6) is 0.433. The first-order valence-electron chi connectivity index (χ1n) is 5.31. The van der Waals surface area contributed by atoms with Crippen molar-refractivity contribution in [3.05, 3.63) is 52.6 Å². The van der Waals surface area contributed by atoms with Gasteiger partial charge in [-0.15, -0.1) is 0 Å². The Morgan fingerprint density at radius 2 is 1.89 bits per heavy atom. The van der Waals surface area contributed by atoms with Gasteiger partial charge >= 0.3 is 0 Å². The number of benzene rings is 2. The summed E-state index contributed by atoms with van der Waals surface area (Å²) in [6, 6.07) is 12.3. The molecule has 5 heteroatoms. The summed E-state index contributed by atoms with van der Waals surface area (Å²) in [6.07, 6.45) is 0. The van der Waals surface area contributed by atoms with E-state index >= 15 is 0 Å². The van der Waals surface area contributed by atoms with Crippen molar-refractivity contribution in [2.24, 2.45) is 0 Å². The van der Waals surface area contributed by atoms with Crippen molar-refractivity contribution in [2.45, 2.75) is 0 Å². The van der Waals surface area contributed by atoms with Crippen LogP contribution in [0.3, 0.4) is 0 Å². The molecule has 0 bridgehead atoms. The highest BCUT2D eigenvalue weighted by Crippen LogP contribution is 2.37. The van der Waals surface area contributed by atoms with Crippen molar-refractivity contribution >= 4 is 11.4 Å². The van der Waals surface area contributed by atoms with Crippen molar-refractivity contribution in [3.63, 3.8) is 0 Å². The SMILES string of the molecule is COc1cc([N+](=O)[O-])c(N)cc1-c1ccccc1. The molecule has 0 aliphatic rings. The van der Waals surface area contributed by atoms with Crippen LogP contribution in [-0.4, -0.2) is 12.0 Å². The Balaban J connectivity index is 2.62. The highest BCUT2D eigenvalue weighted by molar-refractivity contribution is 5.78. The molecular weight excluding hydrogens is 232 g/mol. The van der Waals surface area contributed by atoms with Gasteiger partial charge in [-0.05, 0) is 11.6 Å². The molecule has 0 radical (unpaired) electrons. The van der Waals surface area contributed by atoms with Gasteiger partial charge in [0.2, 0.25) is 0 Å². The van der Waals surface area contributed by atoms with E-state index in [9.17, 15) is 10.1 Å². The van der Waals surface area contributed by atoms with E-state index in [0.717, 1.165) is 11.1 Å². The highest BCUT2D eigenvalue weighted by atomic mass is 16.6. The van der Waals surface area contributed by atoms with E-state index in [0.29, 0.717) is 5.75 Å². The smallest absolute Gasteiger partial charge is 0.295 e. The number of methoxy groups -OCH3 is 1. The lowest BCUT2D eigenvalue weighted by atomic mass is 10.0. The maximum absolute atomic E-state index is 10.8.